The number of carbonyl (C=O) groups excluding carboxylic acids is 1. The first kappa shape index (κ1) is 19.7. The molecule has 7 heteroatoms. The molecule has 1 N–H and O–H groups in total. The molecule has 0 saturated carbocycles. The lowest BCUT2D eigenvalue weighted by Gasteiger charge is -2.07. The Balaban J connectivity index is 1.98. The normalized spacial score (nSPS) is 11.0. The van der Waals surface area contributed by atoms with E-state index in [-0.39, 0.29) is 16.8 Å². The molecular weight excluding hydrogens is 368 g/mol. The van der Waals surface area contributed by atoms with Crippen LogP contribution in [0.5, 0.6) is 5.75 Å². The second-order valence-electron chi connectivity index (χ2n) is 6.30. The van der Waals surface area contributed by atoms with E-state index >= 15 is 0 Å². The van der Waals surface area contributed by atoms with Crippen LogP contribution in [-0.2, 0) is 11.8 Å². The van der Waals surface area contributed by atoms with Crippen LogP contribution >= 0.6 is 0 Å². The fraction of sp³-hybridized carbons (Fsp3) is 0.136. The van der Waals surface area contributed by atoms with Crippen LogP contribution in [0, 0.1) is 18.3 Å². The molecule has 29 heavy (non-hydrogen) atoms. The predicted molar refractivity (Wildman–Crippen MR) is 111 cm³/mol. The zero-order valence-electron chi connectivity index (χ0n) is 16.3. The summed E-state index contributed by atoms with van der Waals surface area (Å²) in [7, 11) is 3.24. The summed E-state index contributed by atoms with van der Waals surface area (Å²) >= 11 is 0. The summed E-state index contributed by atoms with van der Waals surface area (Å²) in [4.78, 5) is 25.6. The first-order valence-corrected chi connectivity index (χ1v) is 8.88. The SMILES string of the molecule is COc1ccccc1/C=C(\C#N)C(=O)Nc1c(C)n(C)n(-c2ccccc2)c1=O. The lowest BCUT2D eigenvalue weighted by atomic mass is 10.1. The third-order valence-corrected chi connectivity index (χ3v) is 4.60. The molecule has 0 fully saturated rings. The highest BCUT2D eigenvalue weighted by Gasteiger charge is 2.20. The Labute approximate surface area is 168 Å². The van der Waals surface area contributed by atoms with Crippen LogP contribution in [0.4, 0.5) is 5.69 Å². The van der Waals surface area contributed by atoms with E-state index in [4.69, 9.17) is 4.74 Å². The number of rotatable bonds is 5. The summed E-state index contributed by atoms with van der Waals surface area (Å²) in [6.07, 6.45) is 1.43. The van der Waals surface area contributed by atoms with Crippen molar-refractivity contribution < 1.29 is 9.53 Å². The Bertz CT molecular complexity index is 1180. The van der Waals surface area contributed by atoms with Crippen molar-refractivity contribution in [1.29, 1.82) is 5.26 Å². The molecule has 3 rings (SSSR count). The van der Waals surface area contributed by atoms with Crippen molar-refractivity contribution in [3.8, 4) is 17.5 Å². The lowest BCUT2D eigenvalue weighted by Crippen LogP contribution is -2.23. The predicted octanol–water partition coefficient (Wildman–Crippen LogP) is 3.04. The van der Waals surface area contributed by atoms with Crippen LogP contribution in [0.25, 0.3) is 11.8 Å². The minimum absolute atomic E-state index is 0.127. The smallest absolute Gasteiger partial charge is 0.295 e. The van der Waals surface area contributed by atoms with Crippen molar-refractivity contribution in [2.75, 3.05) is 12.4 Å². The number of nitrogens with one attached hydrogen (secondary N) is 1. The van der Waals surface area contributed by atoms with Crippen LogP contribution < -0.4 is 15.6 Å². The van der Waals surface area contributed by atoms with Crippen LogP contribution in [0.1, 0.15) is 11.3 Å². The molecule has 7 nitrogen and oxygen atoms in total. The highest BCUT2D eigenvalue weighted by atomic mass is 16.5. The van der Waals surface area contributed by atoms with E-state index in [0.29, 0.717) is 22.7 Å². The molecule has 2 aromatic carbocycles. The number of aromatic nitrogens is 2. The number of hydrogen-bond donors (Lipinski definition) is 1. The molecule has 0 saturated heterocycles. The molecule has 0 aliphatic rings. The largest absolute Gasteiger partial charge is 0.496 e. The summed E-state index contributed by atoms with van der Waals surface area (Å²) in [5, 5.41) is 12.1. The van der Waals surface area contributed by atoms with Gasteiger partial charge in [-0.2, -0.15) is 5.26 Å². The zero-order valence-corrected chi connectivity index (χ0v) is 16.3. The van der Waals surface area contributed by atoms with E-state index in [9.17, 15) is 14.9 Å². The highest BCUT2D eigenvalue weighted by molar-refractivity contribution is 6.10. The minimum Gasteiger partial charge on any atom is -0.496 e. The second kappa shape index (κ2) is 8.31. The first-order chi connectivity index (χ1) is 14.0. The number of nitriles is 1. The average Bonchev–Trinajstić information content (AvgIpc) is 2.95. The van der Waals surface area contributed by atoms with Crippen molar-refractivity contribution in [1.82, 2.24) is 9.36 Å². The van der Waals surface area contributed by atoms with Gasteiger partial charge in [-0.25, -0.2) is 4.68 Å². The molecule has 1 amide bonds. The van der Waals surface area contributed by atoms with Gasteiger partial charge in [-0.1, -0.05) is 36.4 Å². The molecule has 0 atom stereocenters. The Morgan fingerprint density at radius 2 is 1.79 bits per heavy atom. The maximum atomic E-state index is 12.9. The quantitative estimate of drug-likeness (QED) is 0.537. The molecule has 0 spiro atoms. The second-order valence-corrected chi connectivity index (χ2v) is 6.30. The van der Waals surface area contributed by atoms with Gasteiger partial charge in [-0.05, 0) is 31.2 Å². The van der Waals surface area contributed by atoms with Gasteiger partial charge in [0.05, 0.1) is 18.5 Å². The third kappa shape index (κ3) is 3.82. The van der Waals surface area contributed by atoms with Gasteiger partial charge < -0.3 is 10.1 Å². The van der Waals surface area contributed by atoms with Gasteiger partial charge in [-0.15, -0.1) is 0 Å². The van der Waals surface area contributed by atoms with Gasteiger partial charge in [0.2, 0.25) is 0 Å². The van der Waals surface area contributed by atoms with Crippen molar-refractivity contribution >= 4 is 17.7 Å². The van der Waals surface area contributed by atoms with Crippen LogP contribution in [0.3, 0.4) is 0 Å². The summed E-state index contributed by atoms with van der Waals surface area (Å²) in [5.41, 5.74) is 1.45. The van der Waals surface area contributed by atoms with Gasteiger partial charge in [0.1, 0.15) is 23.1 Å². The number of benzene rings is 2. The van der Waals surface area contributed by atoms with Gasteiger partial charge in [-0.3, -0.25) is 14.3 Å². The summed E-state index contributed by atoms with van der Waals surface area (Å²) in [6, 6.07) is 18.0. The average molecular weight is 388 g/mol. The van der Waals surface area contributed by atoms with Crippen LogP contribution in [0.2, 0.25) is 0 Å². The number of amides is 1. The molecule has 1 heterocycles. The number of carbonyl (C=O) groups is 1. The van der Waals surface area contributed by atoms with E-state index in [2.05, 4.69) is 5.32 Å². The van der Waals surface area contributed by atoms with Crippen molar-refractivity contribution in [2.24, 2.45) is 7.05 Å². The summed E-state index contributed by atoms with van der Waals surface area (Å²) < 4.78 is 8.37. The van der Waals surface area contributed by atoms with E-state index in [1.165, 1.54) is 17.9 Å². The van der Waals surface area contributed by atoms with Crippen LogP contribution in [0.15, 0.2) is 65.0 Å². The van der Waals surface area contributed by atoms with Crippen molar-refractivity contribution in [3.63, 3.8) is 0 Å². The molecule has 0 bridgehead atoms. The summed E-state index contributed by atoms with van der Waals surface area (Å²) in [5.74, 6) is -0.125. The Morgan fingerprint density at radius 1 is 1.14 bits per heavy atom. The van der Waals surface area contributed by atoms with Crippen molar-refractivity contribution in [2.45, 2.75) is 6.92 Å². The van der Waals surface area contributed by atoms with E-state index in [1.54, 1.807) is 55.1 Å². The van der Waals surface area contributed by atoms with Gasteiger partial charge in [0.15, 0.2) is 0 Å². The number of methoxy groups -OCH3 is 1. The number of ether oxygens (including phenoxy) is 1. The van der Waals surface area contributed by atoms with Gasteiger partial charge in [0.25, 0.3) is 11.5 Å². The molecular formula is C22H20N4O3. The molecule has 0 unspecified atom stereocenters. The van der Waals surface area contributed by atoms with Crippen molar-refractivity contribution in [3.05, 3.63) is 81.8 Å². The minimum atomic E-state index is -0.663. The topological polar surface area (TPSA) is 89.0 Å². The molecule has 0 radical (unpaired) electrons. The summed E-state index contributed by atoms with van der Waals surface area (Å²) in [6.45, 7) is 1.73. The third-order valence-electron chi connectivity index (χ3n) is 4.60. The fourth-order valence-corrected chi connectivity index (χ4v) is 2.98. The highest BCUT2D eigenvalue weighted by Crippen LogP contribution is 2.21. The lowest BCUT2D eigenvalue weighted by molar-refractivity contribution is -0.112. The van der Waals surface area contributed by atoms with E-state index < -0.39 is 5.91 Å². The Morgan fingerprint density at radius 3 is 2.45 bits per heavy atom. The molecule has 146 valence electrons. The fourth-order valence-electron chi connectivity index (χ4n) is 2.98. The number of nitrogens with zero attached hydrogens (tertiary/aromatic N) is 3. The standard InChI is InChI=1S/C22H20N4O3/c1-15-20(22(28)26(25(15)2)18-10-5-4-6-11-18)24-21(27)17(14-23)13-16-9-7-8-12-19(16)29-3/h4-13H,1-3H3,(H,24,27)/b17-13+. The molecule has 0 aliphatic heterocycles. The maximum absolute atomic E-state index is 12.9. The van der Waals surface area contributed by atoms with Crippen LogP contribution in [-0.4, -0.2) is 22.4 Å². The number of anilines is 1. The first-order valence-electron chi connectivity index (χ1n) is 8.88. The van der Waals surface area contributed by atoms with Gasteiger partial charge >= 0.3 is 0 Å². The zero-order chi connectivity index (χ0) is 21.0. The molecule has 1 aromatic heterocycles. The van der Waals surface area contributed by atoms with E-state index in [1.807, 2.05) is 24.3 Å². The Kier molecular flexibility index (Phi) is 5.65. The Hall–Kier alpha value is -4.05. The van der Waals surface area contributed by atoms with Gasteiger partial charge in [0, 0.05) is 12.6 Å². The molecule has 0 aliphatic carbocycles. The monoisotopic (exact) mass is 388 g/mol. The molecule has 3 aromatic rings. The van der Waals surface area contributed by atoms with E-state index in [0.717, 1.165) is 0 Å². The maximum Gasteiger partial charge on any atom is 0.295 e. The number of para-hydroxylation sites is 2. The number of hydrogen-bond acceptors (Lipinski definition) is 4.